The van der Waals surface area contributed by atoms with E-state index in [9.17, 15) is 18.0 Å². The summed E-state index contributed by atoms with van der Waals surface area (Å²) in [6.45, 7) is 0. The molecule has 4 rings (SSSR count). The normalized spacial score (nSPS) is 11.5. The van der Waals surface area contributed by atoms with E-state index in [0.29, 0.717) is 20.1 Å². The Balaban J connectivity index is 1.81. The number of ether oxygens (including phenoxy) is 1. The van der Waals surface area contributed by atoms with Crippen LogP contribution in [-0.4, -0.2) is 32.8 Å². The molecule has 164 valence electrons. The SMILES string of the molecule is COc1ncc(NC(=O)c2cnn(-c3cccc4c(=S)[nH]ccc34)c2C(F)(F)F)cc1Cl. The third-order valence-electron chi connectivity index (χ3n) is 4.56. The second-order valence-electron chi connectivity index (χ2n) is 6.53. The first-order valence-electron chi connectivity index (χ1n) is 8.97. The fraction of sp³-hybridized carbons (Fsp3) is 0.100. The van der Waals surface area contributed by atoms with Gasteiger partial charge in [0.2, 0.25) is 5.88 Å². The monoisotopic (exact) mass is 479 g/mol. The molecule has 12 heteroatoms. The second-order valence-corrected chi connectivity index (χ2v) is 7.35. The number of H-pyrrole nitrogens is 1. The van der Waals surface area contributed by atoms with Gasteiger partial charge in [-0.1, -0.05) is 36.0 Å². The fourth-order valence-electron chi connectivity index (χ4n) is 3.20. The molecule has 0 atom stereocenters. The molecule has 7 nitrogen and oxygen atoms in total. The molecular formula is C20H13ClF3N5O2S. The Bertz CT molecular complexity index is 1400. The highest BCUT2D eigenvalue weighted by Gasteiger charge is 2.41. The Morgan fingerprint density at radius 3 is 2.72 bits per heavy atom. The number of nitrogens with zero attached hydrogens (tertiary/aromatic N) is 3. The maximum Gasteiger partial charge on any atom is 0.434 e. The Morgan fingerprint density at radius 1 is 1.25 bits per heavy atom. The molecule has 2 N–H and O–H groups in total. The van der Waals surface area contributed by atoms with Crippen LogP contribution in [0.3, 0.4) is 0 Å². The first-order chi connectivity index (χ1) is 15.2. The summed E-state index contributed by atoms with van der Waals surface area (Å²) in [7, 11) is 1.36. The third kappa shape index (κ3) is 3.92. The number of amides is 1. The number of pyridine rings is 2. The second kappa shape index (κ2) is 8.24. The molecule has 3 heterocycles. The molecular weight excluding hydrogens is 467 g/mol. The number of alkyl halides is 3. The molecule has 4 aromatic rings. The summed E-state index contributed by atoms with van der Waals surface area (Å²) in [5.41, 5.74) is -1.67. The Hall–Kier alpha value is -3.44. The zero-order valence-electron chi connectivity index (χ0n) is 16.2. The number of methoxy groups -OCH3 is 1. The molecule has 32 heavy (non-hydrogen) atoms. The molecule has 0 aliphatic heterocycles. The van der Waals surface area contributed by atoms with Gasteiger partial charge in [0.1, 0.15) is 9.66 Å². The number of fused-ring (bicyclic) bond motifs is 1. The number of aromatic nitrogens is 4. The molecule has 0 saturated heterocycles. The van der Waals surface area contributed by atoms with Gasteiger partial charge in [-0.2, -0.15) is 18.3 Å². The van der Waals surface area contributed by atoms with Gasteiger partial charge < -0.3 is 15.0 Å². The van der Waals surface area contributed by atoms with Crippen molar-refractivity contribution in [2.45, 2.75) is 6.18 Å². The lowest BCUT2D eigenvalue weighted by Gasteiger charge is -2.14. The number of hydrogen-bond acceptors (Lipinski definition) is 5. The standard InChI is InChI=1S/C20H13ClF3N5O2S/c1-31-18-14(21)7-10(8-26-18)28-17(30)13-9-27-29(16(13)20(22,23)24)15-4-2-3-12-11(15)5-6-25-19(12)32/h2-9H,1H3,(H,25,32)(H,28,30). The first kappa shape index (κ1) is 21.8. The number of aromatic amines is 1. The lowest BCUT2D eigenvalue weighted by atomic mass is 10.1. The van der Waals surface area contributed by atoms with Gasteiger partial charge in [0.05, 0.1) is 36.4 Å². The average molecular weight is 480 g/mol. The summed E-state index contributed by atoms with van der Waals surface area (Å²) in [6.07, 6.45) is -1.27. The molecule has 1 amide bonds. The summed E-state index contributed by atoms with van der Waals surface area (Å²) in [5.74, 6) is -0.910. The van der Waals surface area contributed by atoms with Crippen molar-refractivity contribution in [1.82, 2.24) is 19.7 Å². The molecule has 0 saturated carbocycles. The summed E-state index contributed by atoms with van der Waals surface area (Å²) < 4.78 is 48.1. The summed E-state index contributed by atoms with van der Waals surface area (Å²) in [5, 5.41) is 7.31. The van der Waals surface area contributed by atoms with E-state index >= 15 is 0 Å². The maximum atomic E-state index is 14.1. The number of halogens is 4. The van der Waals surface area contributed by atoms with Gasteiger partial charge in [-0.15, -0.1) is 0 Å². The number of nitrogens with one attached hydrogen (secondary N) is 2. The summed E-state index contributed by atoms with van der Waals surface area (Å²) >= 11 is 11.2. The minimum atomic E-state index is -4.88. The number of rotatable bonds is 4. The van der Waals surface area contributed by atoms with Crippen LogP contribution in [0.5, 0.6) is 5.88 Å². The lowest BCUT2D eigenvalue weighted by molar-refractivity contribution is -0.143. The smallest absolute Gasteiger partial charge is 0.434 e. The van der Waals surface area contributed by atoms with Crippen LogP contribution in [0.1, 0.15) is 16.1 Å². The van der Waals surface area contributed by atoms with Crippen LogP contribution in [0.15, 0.2) is 48.9 Å². The summed E-state index contributed by atoms with van der Waals surface area (Å²) in [6, 6.07) is 7.62. The van der Waals surface area contributed by atoms with Gasteiger partial charge in [0, 0.05) is 17.0 Å². The molecule has 0 fully saturated rings. The average Bonchev–Trinajstić information content (AvgIpc) is 3.20. The number of anilines is 1. The van der Waals surface area contributed by atoms with E-state index < -0.39 is 23.3 Å². The molecule has 3 aromatic heterocycles. The van der Waals surface area contributed by atoms with E-state index in [2.05, 4.69) is 20.4 Å². The quantitative estimate of drug-likeness (QED) is 0.382. The molecule has 0 radical (unpaired) electrons. The minimum absolute atomic E-state index is 0.0873. The van der Waals surface area contributed by atoms with E-state index in [1.54, 1.807) is 18.2 Å². The first-order valence-corrected chi connectivity index (χ1v) is 9.76. The van der Waals surface area contributed by atoms with Crippen molar-refractivity contribution in [3.63, 3.8) is 0 Å². The van der Waals surface area contributed by atoms with Crippen molar-refractivity contribution in [3.8, 4) is 11.6 Å². The third-order valence-corrected chi connectivity index (χ3v) is 5.17. The zero-order chi connectivity index (χ0) is 23.0. The van der Waals surface area contributed by atoms with Gasteiger partial charge >= 0.3 is 6.18 Å². The predicted molar refractivity (Wildman–Crippen MR) is 115 cm³/mol. The minimum Gasteiger partial charge on any atom is -0.480 e. The van der Waals surface area contributed by atoms with E-state index in [-0.39, 0.29) is 22.3 Å². The van der Waals surface area contributed by atoms with E-state index in [1.165, 1.54) is 31.6 Å². The van der Waals surface area contributed by atoms with Crippen molar-refractivity contribution in [2.75, 3.05) is 12.4 Å². The predicted octanol–water partition coefficient (Wildman–Crippen LogP) is 5.41. The van der Waals surface area contributed by atoms with E-state index in [0.717, 1.165) is 6.20 Å². The van der Waals surface area contributed by atoms with E-state index in [1.807, 2.05) is 0 Å². The highest BCUT2D eigenvalue weighted by atomic mass is 35.5. The van der Waals surface area contributed by atoms with Gasteiger partial charge in [0.15, 0.2) is 5.69 Å². The van der Waals surface area contributed by atoms with Gasteiger partial charge in [0.25, 0.3) is 5.91 Å². The van der Waals surface area contributed by atoms with Crippen LogP contribution in [-0.2, 0) is 6.18 Å². The highest BCUT2D eigenvalue weighted by molar-refractivity contribution is 7.71. The van der Waals surface area contributed by atoms with Crippen LogP contribution < -0.4 is 10.1 Å². The number of benzene rings is 1. The summed E-state index contributed by atoms with van der Waals surface area (Å²) in [4.78, 5) is 19.4. The number of carbonyl (C=O) groups is 1. The molecule has 1 aromatic carbocycles. The van der Waals surface area contributed by atoms with Crippen molar-refractivity contribution < 1.29 is 22.7 Å². The Labute approximate surface area is 188 Å². The van der Waals surface area contributed by atoms with Crippen LogP contribution >= 0.6 is 23.8 Å². The van der Waals surface area contributed by atoms with Crippen molar-refractivity contribution in [2.24, 2.45) is 0 Å². The molecule has 0 unspecified atom stereocenters. The molecule has 0 aliphatic rings. The lowest BCUT2D eigenvalue weighted by Crippen LogP contribution is -2.21. The number of hydrogen-bond donors (Lipinski definition) is 2. The molecule has 0 aliphatic carbocycles. The molecule has 0 bridgehead atoms. The zero-order valence-corrected chi connectivity index (χ0v) is 17.8. The van der Waals surface area contributed by atoms with Crippen molar-refractivity contribution in [1.29, 1.82) is 0 Å². The highest BCUT2D eigenvalue weighted by Crippen LogP contribution is 2.35. The van der Waals surface area contributed by atoms with Gasteiger partial charge in [-0.25, -0.2) is 9.67 Å². The van der Waals surface area contributed by atoms with Crippen molar-refractivity contribution in [3.05, 3.63) is 69.8 Å². The fourth-order valence-corrected chi connectivity index (χ4v) is 3.69. The topological polar surface area (TPSA) is 84.8 Å². The van der Waals surface area contributed by atoms with Crippen LogP contribution in [0.2, 0.25) is 5.02 Å². The Kier molecular flexibility index (Phi) is 5.61. The van der Waals surface area contributed by atoms with Crippen LogP contribution in [0.25, 0.3) is 16.5 Å². The molecule has 0 spiro atoms. The van der Waals surface area contributed by atoms with Gasteiger partial charge in [-0.3, -0.25) is 4.79 Å². The van der Waals surface area contributed by atoms with Crippen molar-refractivity contribution >= 4 is 46.2 Å². The maximum absolute atomic E-state index is 14.1. The van der Waals surface area contributed by atoms with Crippen LogP contribution in [0, 0.1) is 4.64 Å². The Morgan fingerprint density at radius 2 is 2.03 bits per heavy atom. The number of carbonyl (C=O) groups excluding carboxylic acids is 1. The van der Waals surface area contributed by atoms with Crippen LogP contribution in [0.4, 0.5) is 18.9 Å². The van der Waals surface area contributed by atoms with Gasteiger partial charge in [-0.05, 0) is 18.2 Å². The van der Waals surface area contributed by atoms with E-state index in [4.69, 9.17) is 28.6 Å². The largest absolute Gasteiger partial charge is 0.480 e.